The summed E-state index contributed by atoms with van der Waals surface area (Å²) in [7, 11) is 1.69. The van der Waals surface area contributed by atoms with E-state index in [4.69, 9.17) is 4.74 Å². The fourth-order valence-corrected chi connectivity index (χ4v) is 3.25. The van der Waals surface area contributed by atoms with Crippen LogP contribution in [0.15, 0.2) is 30.3 Å². The number of hydrogen-bond acceptors (Lipinski definition) is 3. The maximum absolute atomic E-state index is 13.2. The Bertz CT molecular complexity index is 571. The average molecular weight is 304 g/mol. The Morgan fingerprint density at radius 3 is 2.82 bits per heavy atom. The molecule has 1 atom stereocenters. The van der Waals surface area contributed by atoms with E-state index in [2.05, 4.69) is 11.1 Å². The van der Waals surface area contributed by atoms with Crippen LogP contribution in [0.25, 0.3) is 5.70 Å². The highest BCUT2D eigenvalue weighted by Crippen LogP contribution is 2.32. The van der Waals surface area contributed by atoms with E-state index in [1.54, 1.807) is 24.3 Å². The molecule has 0 N–H and O–H groups in total. The van der Waals surface area contributed by atoms with Gasteiger partial charge in [-0.25, -0.2) is 14.4 Å². The van der Waals surface area contributed by atoms with Crippen molar-refractivity contribution in [2.24, 2.45) is 0 Å². The zero-order valence-corrected chi connectivity index (χ0v) is 12.8. The summed E-state index contributed by atoms with van der Waals surface area (Å²) < 4.78 is 18.5. The first-order valence-corrected chi connectivity index (χ1v) is 7.75. The Morgan fingerprint density at radius 2 is 2.09 bits per heavy atom. The maximum atomic E-state index is 13.2. The molecule has 0 saturated carbocycles. The van der Waals surface area contributed by atoms with Crippen LogP contribution in [-0.4, -0.2) is 42.2 Å². The minimum absolute atomic E-state index is 0.102. The van der Waals surface area contributed by atoms with Crippen LogP contribution in [0.1, 0.15) is 31.2 Å². The Hall–Kier alpha value is -1.72. The van der Waals surface area contributed by atoms with Gasteiger partial charge in [-0.2, -0.15) is 0 Å². The largest absolute Gasteiger partial charge is 0.383 e. The Morgan fingerprint density at radius 1 is 1.32 bits per heavy atom. The zero-order valence-electron chi connectivity index (χ0n) is 12.8. The van der Waals surface area contributed by atoms with E-state index in [9.17, 15) is 9.18 Å². The number of ether oxygens (including phenoxy) is 1. The molecule has 22 heavy (non-hydrogen) atoms. The predicted molar refractivity (Wildman–Crippen MR) is 82.1 cm³/mol. The molecule has 0 bridgehead atoms. The average Bonchev–Trinajstić information content (AvgIpc) is 2.96. The second kappa shape index (κ2) is 6.58. The van der Waals surface area contributed by atoms with Gasteiger partial charge in [-0.05, 0) is 49.1 Å². The molecule has 0 spiro atoms. The number of carbonyl (C=O) groups excluding carboxylic acids is 1. The van der Waals surface area contributed by atoms with Gasteiger partial charge < -0.3 is 4.74 Å². The summed E-state index contributed by atoms with van der Waals surface area (Å²) in [6.45, 7) is 1.46. The fraction of sp³-hybridized carbons (Fsp3) is 0.471. The van der Waals surface area contributed by atoms with E-state index < -0.39 is 0 Å². The molecular weight excluding hydrogens is 283 g/mol. The summed E-state index contributed by atoms with van der Waals surface area (Å²) in [6, 6.07) is 6.55. The van der Waals surface area contributed by atoms with Crippen LogP contribution in [0.4, 0.5) is 4.39 Å². The van der Waals surface area contributed by atoms with Crippen LogP contribution in [-0.2, 0) is 9.53 Å². The highest BCUT2D eigenvalue weighted by Gasteiger charge is 2.35. The molecule has 0 radical (unpaired) electrons. The lowest BCUT2D eigenvalue weighted by molar-refractivity contribution is -0.143. The van der Waals surface area contributed by atoms with Crippen LogP contribution in [0.5, 0.6) is 0 Å². The number of nitrogens with zero attached hydrogens (tertiary/aromatic N) is 2. The van der Waals surface area contributed by atoms with Crippen molar-refractivity contribution in [2.45, 2.75) is 31.7 Å². The lowest BCUT2D eigenvalue weighted by atomic mass is 10.1. The summed E-state index contributed by atoms with van der Waals surface area (Å²) >= 11 is 0. The quantitative estimate of drug-likeness (QED) is 0.857. The van der Waals surface area contributed by atoms with Crippen molar-refractivity contribution in [2.75, 3.05) is 20.3 Å². The second-order valence-electron chi connectivity index (χ2n) is 5.75. The Labute approximate surface area is 130 Å². The molecule has 1 fully saturated rings. The summed E-state index contributed by atoms with van der Waals surface area (Å²) in [6.07, 6.45) is 5.38. The van der Waals surface area contributed by atoms with Crippen molar-refractivity contribution in [3.8, 4) is 0 Å². The number of hydrogen-bond donors (Lipinski definition) is 0. The monoisotopic (exact) mass is 304 g/mol. The number of rotatable bonds is 4. The first kappa shape index (κ1) is 15.2. The molecule has 0 aliphatic carbocycles. The number of allylic oxidation sites excluding steroid dienone is 1. The van der Waals surface area contributed by atoms with Gasteiger partial charge in [0, 0.05) is 20.1 Å². The standard InChI is InChI=1S/C17H21FN2O2/c1-22-12-15-4-3-11-19(15)20-16(5-2-6-17(20)21)13-7-9-14(18)10-8-13/h5,7-10,15H,2-4,6,11-12H2,1H3/t15-/m0/s1. The first-order valence-electron chi connectivity index (χ1n) is 7.75. The molecule has 1 amide bonds. The third-order valence-electron chi connectivity index (χ3n) is 4.26. The molecule has 0 aromatic heterocycles. The van der Waals surface area contributed by atoms with Crippen LogP contribution < -0.4 is 0 Å². The molecule has 1 aromatic rings. The van der Waals surface area contributed by atoms with E-state index in [0.717, 1.165) is 37.1 Å². The topological polar surface area (TPSA) is 32.8 Å². The van der Waals surface area contributed by atoms with Crippen LogP contribution in [0.3, 0.4) is 0 Å². The fourth-order valence-electron chi connectivity index (χ4n) is 3.25. The Balaban J connectivity index is 1.91. The molecule has 0 unspecified atom stereocenters. The first-order chi connectivity index (χ1) is 10.7. The van der Waals surface area contributed by atoms with Gasteiger partial charge in [0.25, 0.3) is 0 Å². The highest BCUT2D eigenvalue weighted by molar-refractivity contribution is 5.88. The van der Waals surface area contributed by atoms with Gasteiger partial charge in [-0.1, -0.05) is 6.08 Å². The minimum Gasteiger partial charge on any atom is -0.383 e. The van der Waals surface area contributed by atoms with Crippen LogP contribution in [0.2, 0.25) is 0 Å². The van der Waals surface area contributed by atoms with Crippen molar-refractivity contribution >= 4 is 11.6 Å². The van der Waals surface area contributed by atoms with Crippen LogP contribution >= 0.6 is 0 Å². The third kappa shape index (κ3) is 2.91. The Kier molecular flexibility index (Phi) is 4.55. The van der Waals surface area contributed by atoms with Crippen molar-refractivity contribution in [1.29, 1.82) is 0 Å². The molecule has 5 heteroatoms. The molecule has 3 rings (SSSR count). The summed E-state index contributed by atoms with van der Waals surface area (Å²) in [5.74, 6) is -0.165. The van der Waals surface area contributed by atoms with Gasteiger partial charge in [-0.15, -0.1) is 0 Å². The molecule has 2 heterocycles. The number of methoxy groups -OCH3 is 1. The molecule has 1 aromatic carbocycles. The van der Waals surface area contributed by atoms with Crippen molar-refractivity contribution in [1.82, 2.24) is 10.0 Å². The van der Waals surface area contributed by atoms with Gasteiger partial charge in [0.1, 0.15) is 5.82 Å². The van der Waals surface area contributed by atoms with Crippen molar-refractivity contribution < 1.29 is 13.9 Å². The lowest BCUT2D eigenvalue weighted by Crippen LogP contribution is -2.50. The normalized spacial score (nSPS) is 23.0. The lowest BCUT2D eigenvalue weighted by Gasteiger charge is -2.39. The van der Waals surface area contributed by atoms with Crippen molar-refractivity contribution in [3.63, 3.8) is 0 Å². The van der Waals surface area contributed by atoms with E-state index >= 15 is 0 Å². The predicted octanol–water partition coefficient (Wildman–Crippen LogP) is 2.81. The molecule has 118 valence electrons. The summed E-state index contributed by atoms with van der Waals surface area (Å²) in [4.78, 5) is 12.5. The summed E-state index contributed by atoms with van der Waals surface area (Å²) in [5.41, 5.74) is 1.73. The van der Waals surface area contributed by atoms with E-state index in [1.807, 2.05) is 0 Å². The number of hydrazine groups is 1. The second-order valence-corrected chi connectivity index (χ2v) is 5.75. The maximum Gasteiger partial charge on any atom is 0.241 e. The summed E-state index contributed by atoms with van der Waals surface area (Å²) in [5, 5.41) is 3.90. The third-order valence-corrected chi connectivity index (χ3v) is 4.26. The van der Waals surface area contributed by atoms with E-state index in [0.29, 0.717) is 13.0 Å². The van der Waals surface area contributed by atoms with Crippen molar-refractivity contribution in [3.05, 3.63) is 41.7 Å². The van der Waals surface area contributed by atoms with Gasteiger partial charge in [0.15, 0.2) is 0 Å². The number of halogens is 1. The number of benzene rings is 1. The van der Waals surface area contributed by atoms with Crippen LogP contribution in [0, 0.1) is 5.82 Å². The van der Waals surface area contributed by atoms with Gasteiger partial charge in [0.2, 0.25) is 5.91 Å². The van der Waals surface area contributed by atoms with E-state index in [-0.39, 0.29) is 17.8 Å². The van der Waals surface area contributed by atoms with Gasteiger partial charge >= 0.3 is 0 Å². The molecule has 4 nitrogen and oxygen atoms in total. The van der Waals surface area contributed by atoms with Gasteiger partial charge in [-0.3, -0.25) is 4.79 Å². The molecule has 2 aliphatic rings. The number of carbonyl (C=O) groups is 1. The minimum atomic E-state index is -0.267. The number of amides is 1. The van der Waals surface area contributed by atoms with Gasteiger partial charge in [0.05, 0.1) is 18.3 Å². The molecular formula is C17H21FN2O2. The smallest absolute Gasteiger partial charge is 0.241 e. The molecule has 2 aliphatic heterocycles. The van der Waals surface area contributed by atoms with E-state index in [1.165, 1.54) is 12.1 Å². The zero-order chi connectivity index (χ0) is 15.5. The molecule has 1 saturated heterocycles. The highest BCUT2D eigenvalue weighted by atomic mass is 19.1. The SMILES string of the molecule is COC[C@@H]1CCCN1N1C(=O)CCC=C1c1ccc(F)cc1.